The number of rotatable bonds is 3. The van der Waals surface area contributed by atoms with Crippen LogP contribution < -0.4 is 0 Å². The standard InChI is InChI=1S/C15H16O3/c1-10(16)11-2-4-12(5-3-11)13-6-8-14(9-7-13)15(17)18/h2-6,14H,7-9H2,1H3,(H,17,18). The molecule has 0 radical (unpaired) electrons. The van der Waals surface area contributed by atoms with E-state index >= 15 is 0 Å². The Balaban J connectivity index is 2.13. The highest BCUT2D eigenvalue weighted by Gasteiger charge is 2.21. The van der Waals surface area contributed by atoms with Gasteiger partial charge in [-0.3, -0.25) is 9.59 Å². The summed E-state index contributed by atoms with van der Waals surface area (Å²) in [6.07, 6.45) is 4.08. The Morgan fingerprint density at radius 2 is 1.89 bits per heavy atom. The molecule has 1 N–H and O–H groups in total. The molecule has 3 nitrogen and oxygen atoms in total. The van der Waals surface area contributed by atoms with Crippen molar-refractivity contribution in [2.24, 2.45) is 5.92 Å². The fourth-order valence-corrected chi connectivity index (χ4v) is 2.24. The van der Waals surface area contributed by atoms with Crippen molar-refractivity contribution in [3.63, 3.8) is 0 Å². The second-order valence-corrected chi connectivity index (χ2v) is 4.67. The van der Waals surface area contributed by atoms with Gasteiger partial charge in [0.25, 0.3) is 0 Å². The highest BCUT2D eigenvalue weighted by Crippen LogP contribution is 2.30. The lowest BCUT2D eigenvalue weighted by Gasteiger charge is -2.18. The van der Waals surface area contributed by atoms with E-state index in [1.165, 1.54) is 5.57 Å². The number of hydrogen-bond donors (Lipinski definition) is 1. The smallest absolute Gasteiger partial charge is 0.306 e. The van der Waals surface area contributed by atoms with Gasteiger partial charge in [-0.2, -0.15) is 0 Å². The molecule has 0 aromatic heterocycles. The molecule has 0 spiro atoms. The van der Waals surface area contributed by atoms with Crippen LogP contribution in [0, 0.1) is 5.92 Å². The maximum Gasteiger partial charge on any atom is 0.306 e. The Morgan fingerprint density at radius 3 is 2.33 bits per heavy atom. The SMILES string of the molecule is CC(=O)c1ccc(C2=CCC(C(=O)O)CC2)cc1. The minimum absolute atomic E-state index is 0.0603. The number of carboxylic acid groups (broad SMARTS) is 1. The molecule has 0 saturated heterocycles. The Hall–Kier alpha value is -1.90. The predicted octanol–water partition coefficient (Wildman–Crippen LogP) is 3.16. The first kappa shape index (κ1) is 12.6. The van der Waals surface area contributed by atoms with Crippen LogP contribution in [0.2, 0.25) is 0 Å². The fraction of sp³-hybridized carbons (Fsp3) is 0.333. The molecular weight excluding hydrogens is 228 g/mol. The average molecular weight is 244 g/mol. The lowest BCUT2D eigenvalue weighted by Crippen LogP contribution is -2.15. The summed E-state index contributed by atoms with van der Waals surface area (Å²) in [7, 11) is 0. The van der Waals surface area contributed by atoms with E-state index in [4.69, 9.17) is 5.11 Å². The molecule has 0 heterocycles. The largest absolute Gasteiger partial charge is 0.481 e. The molecule has 1 aliphatic rings. The molecule has 1 aromatic carbocycles. The van der Waals surface area contributed by atoms with Gasteiger partial charge in [-0.1, -0.05) is 30.3 Å². The molecule has 1 unspecified atom stereocenters. The summed E-state index contributed by atoms with van der Waals surface area (Å²) in [5.41, 5.74) is 2.98. The molecule has 1 aliphatic carbocycles. The molecule has 1 atom stereocenters. The Morgan fingerprint density at radius 1 is 1.22 bits per heavy atom. The van der Waals surface area contributed by atoms with Crippen LogP contribution in [0.25, 0.3) is 5.57 Å². The van der Waals surface area contributed by atoms with Crippen LogP contribution in [-0.2, 0) is 4.79 Å². The molecule has 3 heteroatoms. The van der Waals surface area contributed by atoms with Crippen molar-refractivity contribution in [1.29, 1.82) is 0 Å². The highest BCUT2D eigenvalue weighted by atomic mass is 16.4. The van der Waals surface area contributed by atoms with E-state index in [1.54, 1.807) is 6.92 Å². The molecule has 0 saturated carbocycles. The summed E-state index contributed by atoms with van der Waals surface area (Å²) in [5.74, 6) is -0.896. The lowest BCUT2D eigenvalue weighted by molar-refractivity contribution is -0.141. The summed E-state index contributed by atoms with van der Waals surface area (Å²) in [6, 6.07) is 7.51. The van der Waals surface area contributed by atoms with E-state index in [9.17, 15) is 9.59 Å². The zero-order valence-corrected chi connectivity index (χ0v) is 10.3. The Kier molecular flexibility index (Phi) is 3.60. The van der Waals surface area contributed by atoms with Gasteiger partial charge in [-0.05, 0) is 37.3 Å². The van der Waals surface area contributed by atoms with Gasteiger partial charge in [0.15, 0.2) is 5.78 Å². The van der Waals surface area contributed by atoms with Gasteiger partial charge in [0.05, 0.1) is 5.92 Å². The number of hydrogen-bond acceptors (Lipinski definition) is 2. The summed E-state index contributed by atoms with van der Waals surface area (Å²) < 4.78 is 0. The van der Waals surface area contributed by atoms with E-state index in [-0.39, 0.29) is 11.7 Å². The molecule has 0 fully saturated rings. The number of carbonyl (C=O) groups excluding carboxylic acids is 1. The van der Waals surface area contributed by atoms with Crippen LogP contribution >= 0.6 is 0 Å². The summed E-state index contributed by atoms with van der Waals surface area (Å²) in [6.45, 7) is 1.55. The van der Waals surface area contributed by atoms with Crippen LogP contribution in [0.4, 0.5) is 0 Å². The first-order valence-electron chi connectivity index (χ1n) is 6.11. The number of carbonyl (C=O) groups is 2. The maximum absolute atomic E-state index is 11.2. The number of aliphatic carboxylic acids is 1. The van der Waals surface area contributed by atoms with Gasteiger partial charge in [0.1, 0.15) is 0 Å². The van der Waals surface area contributed by atoms with Crippen molar-refractivity contribution in [3.05, 3.63) is 41.5 Å². The van der Waals surface area contributed by atoms with Crippen molar-refractivity contribution >= 4 is 17.3 Å². The lowest BCUT2D eigenvalue weighted by atomic mass is 9.86. The Bertz CT molecular complexity index is 497. The van der Waals surface area contributed by atoms with Crippen molar-refractivity contribution in [2.45, 2.75) is 26.2 Å². The third-order valence-corrected chi connectivity index (χ3v) is 3.42. The van der Waals surface area contributed by atoms with Crippen LogP contribution in [0.1, 0.15) is 42.1 Å². The topological polar surface area (TPSA) is 54.4 Å². The van der Waals surface area contributed by atoms with E-state index in [0.717, 1.165) is 12.0 Å². The van der Waals surface area contributed by atoms with Crippen LogP contribution in [0.15, 0.2) is 30.3 Å². The average Bonchev–Trinajstić information content (AvgIpc) is 2.39. The molecular formula is C15H16O3. The third kappa shape index (κ3) is 2.67. The number of carboxylic acids is 1. The van der Waals surface area contributed by atoms with E-state index in [1.807, 2.05) is 30.3 Å². The maximum atomic E-state index is 11.2. The number of benzene rings is 1. The summed E-state index contributed by atoms with van der Waals surface area (Å²) in [4.78, 5) is 22.0. The van der Waals surface area contributed by atoms with Gasteiger partial charge in [0, 0.05) is 5.56 Å². The molecule has 1 aromatic rings. The summed E-state index contributed by atoms with van der Waals surface area (Å²) in [5, 5.41) is 8.93. The molecule has 18 heavy (non-hydrogen) atoms. The van der Waals surface area contributed by atoms with Crippen molar-refractivity contribution in [1.82, 2.24) is 0 Å². The molecule has 0 aliphatic heterocycles. The summed E-state index contributed by atoms with van der Waals surface area (Å²) >= 11 is 0. The molecule has 2 rings (SSSR count). The van der Waals surface area contributed by atoms with Crippen molar-refractivity contribution in [2.75, 3.05) is 0 Å². The second-order valence-electron chi connectivity index (χ2n) is 4.67. The Labute approximate surface area is 106 Å². The number of allylic oxidation sites excluding steroid dienone is 2. The second kappa shape index (κ2) is 5.17. The van der Waals surface area contributed by atoms with Crippen molar-refractivity contribution < 1.29 is 14.7 Å². The normalized spacial score (nSPS) is 19.2. The predicted molar refractivity (Wildman–Crippen MR) is 69.4 cm³/mol. The van der Waals surface area contributed by atoms with Gasteiger partial charge < -0.3 is 5.11 Å². The monoisotopic (exact) mass is 244 g/mol. The first-order valence-corrected chi connectivity index (χ1v) is 6.11. The highest BCUT2D eigenvalue weighted by molar-refractivity contribution is 5.94. The molecule has 0 amide bonds. The van der Waals surface area contributed by atoms with Gasteiger partial charge >= 0.3 is 5.97 Å². The number of Topliss-reactive ketones (excluding diaryl/α,β-unsaturated/α-hetero) is 1. The van der Waals surface area contributed by atoms with Crippen molar-refractivity contribution in [3.8, 4) is 0 Å². The molecule has 0 bridgehead atoms. The zero-order chi connectivity index (χ0) is 13.1. The zero-order valence-electron chi connectivity index (χ0n) is 10.3. The van der Waals surface area contributed by atoms with E-state index in [0.29, 0.717) is 18.4 Å². The third-order valence-electron chi connectivity index (χ3n) is 3.42. The minimum Gasteiger partial charge on any atom is -0.481 e. The number of ketones is 1. The molecule has 94 valence electrons. The van der Waals surface area contributed by atoms with Gasteiger partial charge in [-0.15, -0.1) is 0 Å². The quantitative estimate of drug-likeness (QED) is 0.831. The minimum atomic E-state index is -0.711. The van der Waals surface area contributed by atoms with Crippen LogP contribution in [0.5, 0.6) is 0 Å². The van der Waals surface area contributed by atoms with Crippen LogP contribution in [0.3, 0.4) is 0 Å². The fourth-order valence-electron chi connectivity index (χ4n) is 2.24. The van der Waals surface area contributed by atoms with Gasteiger partial charge in [-0.25, -0.2) is 0 Å². The first-order chi connectivity index (χ1) is 8.58. The van der Waals surface area contributed by atoms with E-state index < -0.39 is 5.97 Å². The van der Waals surface area contributed by atoms with Gasteiger partial charge in [0.2, 0.25) is 0 Å². The van der Waals surface area contributed by atoms with E-state index in [2.05, 4.69) is 0 Å². The van der Waals surface area contributed by atoms with Crippen LogP contribution in [-0.4, -0.2) is 16.9 Å².